The van der Waals surface area contributed by atoms with Crippen molar-refractivity contribution in [2.75, 3.05) is 7.11 Å². The van der Waals surface area contributed by atoms with Crippen LogP contribution in [0.25, 0.3) is 0 Å². The maximum atomic E-state index is 12.4. The molecule has 2 rings (SSSR count). The highest BCUT2D eigenvalue weighted by atomic mass is 16.5. The van der Waals surface area contributed by atoms with Gasteiger partial charge in [-0.3, -0.25) is 4.79 Å². The Labute approximate surface area is 125 Å². The number of aromatic hydroxyl groups is 1. The van der Waals surface area contributed by atoms with E-state index in [-0.39, 0.29) is 40.1 Å². The number of carbonyl (C=O) groups excluding carboxylic acids is 1. The molecule has 0 saturated heterocycles. The number of hydrogen-bond acceptors (Lipinski definition) is 4. The number of carbonyl (C=O) groups is 1. The van der Waals surface area contributed by atoms with Gasteiger partial charge < -0.3 is 20.9 Å². The zero-order valence-corrected chi connectivity index (χ0v) is 13.2. The monoisotopic (exact) mass is 292 g/mol. The van der Waals surface area contributed by atoms with Crippen LogP contribution in [0.5, 0.6) is 11.5 Å². The lowest BCUT2D eigenvalue weighted by molar-refractivity contribution is -0.0663. The molecule has 0 unspecified atom stereocenters. The summed E-state index contributed by atoms with van der Waals surface area (Å²) in [5.41, 5.74) is 6.07. The summed E-state index contributed by atoms with van der Waals surface area (Å²) in [6.45, 7) is 8.17. The van der Waals surface area contributed by atoms with Gasteiger partial charge in [-0.2, -0.15) is 0 Å². The van der Waals surface area contributed by atoms with Gasteiger partial charge in [0, 0.05) is 29.0 Å². The van der Waals surface area contributed by atoms with Gasteiger partial charge in [0.2, 0.25) is 0 Å². The van der Waals surface area contributed by atoms with Crippen LogP contribution in [-0.2, 0) is 0 Å². The molecule has 116 valence electrons. The second kappa shape index (κ2) is 4.91. The van der Waals surface area contributed by atoms with Gasteiger partial charge in [0.15, 0.2) is 0 Å². The van der Waals surface area contributed by atoms with Crippen LogP contribution < -0.4 is 15.8 Å². The highest BCUT2D eigenvalue weighted by molar-refractivity contribution is 5.97. The van der Waals surface area contributed by atoms with Gasteiger partial charge in [-0.25, -0.2) is 0 Å². The fourth-order valence-corrected chi connectivity index (χ4v) is 3.59. The first-order valence-electron chi connectivity index (χ1n) is 7.05. The average molecular weight is 292 g/mol. The van der Waals surface area contributed by atoms with Crippen LogP contribution in [0.4, 0.5) is 0 Å². The SMILES string of the molecule is COc1ccc(C(=O)NC2C(C)(C)C(N)C2(C)C)c(O)c1. The summed E-state index contributed by atoms with van der Waals surface area (Å²) < 4.78 is 5.02. The van der Waals surface area contributed by atoms with Gasteiger partial charge in [-0.1, -0.05) is 27.7 Å². The summed E-state index contributed by atoms with van der Waals surface area (Å²) in [4.78, 5) is 12.4. The molecule has 5 heteroatoms. The van der Waals surface area contributed by atoms with Crippen LogP contribution in [-0.4, -0.2) is 30.2 Å². The third kappa shape index (κ3) is 2.35. The van der Waals surface area contributed by atoms with E-state index < -0.39 is 0 Å². The molecule has 0 spiro atoms. The largest absolute Gasteiger partial charge is 0.507 e. The van der Waals surface area contributed by atoms with Crippen LogP contribution in [0.3, 0.4) is 0 Å². The average Bonchev–Trinajstić information content (AvgIpc) is 2.42. The molecule has 21 heavy (non-hydrogen) atoms. The summed E-state index contributed by atoms with van der Waals surface area (Å²) in [7, 11) is 1.51. The highest BCUT2D eigenvalue weighted by Gasteiger charge is 2.60. The molecule has 0 bridgehead atoms. The van der Waals surface area contributed by atoms with Crippen molar-refractivity contribution in [2.24, 2.45) is 16.6 Å². The zero-order valence-electron chi connectivity index (χ0n) is 13.2. The topological polar surface area (TPSA) is 84.6 Å². The molecular weight excluding hydrogens is 268 g/mol. The predicted octanol–water partition coefficient (Wildman–Crippen LogP) is 1.89. The van der Waals surface area contributed by atoms with Crippen LogP contribution >= 0.6 is 0 Å². The summed E-state index contributed by atoms with van der Waals surface area (Å²) in [6, 6.07) is 4.60. The molecule has 1 aromatic rings. The number of nitrogens with two attached hydrogens (primary N) is 1. The van der Waals surface area contributed by atoms with E-state index in [0.29, 0.717) is 5.75 Å². The Bertz CT molecular complexity index is 551. The Morgan fingerprint density at radius 3 is 2.33 bits per heavy atom. The van der Waals surface area contributed by atoms with Gasteiger partial charge in [0.1, 0.15) is 11.5 Å². The van der Waals surface area contributed by atoms with Gasteiger partial charge in [0.05, 0.1) is 12.7 Å². The van der Waals surface area contributed by atoms with Crippen molar-refractivity contribution in [1.82, 2.24) is 5.32 Å². The Kier molecular flexibility index (Phi) is 3.66. The minimum Gasteiger partial charge on any atom is -0.507 e. The summed E-state index contributed by atoms with van der Waals surface area (Å²) in [6.07, 6.45) is 0. The van der Waals surface area contributed by atoms with E-state index in [2.05, 4.69) is 5.32 Å². The van der Waals surface area contributed by atoms with Crippen molar-refractivity contribution in [3.63, 3.8) is 0 Å². The van der Waals surface area contributed by atoms with E-state index in [4.69, 9.17) is 10.5 Å². The summed E-state index contributed by atoms with van der Waals surface area (Å²) in [5.74, 6) is 0.120. The predicted molar refractivity (Wildman–Crippen MR) is 81.5 cm³/mol. The maximum absolute atomic E-state index is 12.4. The van der Waals surface area contributed by atoms with Crippen LogP contribution in [0, 0.1) is 10.8 Å². The number of phenols is 1. The first-order chi connectivity index (χ1) is 9.62. The summed E-state index contributed by atoms with van der Waals surface area (Å²) >= 11 is 0. The molecule has 5 nitrogen and oxygen atoms in total. The molecule has 0 heterocycles. The maximum Gasteiger partial charge on any atom is 0.255 e. The minimum atomic E-state index is -0.298. The smallest absolute Gasteiger partial charge is 0.255 e. The number of nitrogens with one attached hydrogen (secondary N) is 1. The lowest BCUT2D eigenvalue weighted by Gasteiger charge is -2.62. The highest BCUT2D eigenvalue weighted by Crippen LogP contribution is 2.52. The fraction of sp³-hybridized carbons (Fsp3) is 0.562. The Morgan fingerprint density at radius 1 is 1.29 bits per heavy atom. The quantitative estimate of drug-likeness (QED) is 0.794. The minimum absolute atomic E-state index is 0.0137. The molecule has 1 aliphatic carbocycles. The van der Waals surface area contributed by atoms with Crippen molar-refractivity contribution in [1.29, 1.82) is 0 Å². The van der Waals surface area contributed by atoms with Crippen molar-refractivity contribution in [3.05, 3.63) is 23.8 Å². The Hall–Kier alpha value is -1.75. The molecule has 4 N–H and O–H groups in total. The normalized spacial score (nSPS) is 25.8. The van der Waals surface area contributed by atoms with E-state index >= 15 is 0 Å². The molecule has 0 aliphatic heterocycles. The van der Waals surface area contributed by atoms with Crippen LogP contribution in [0.1, 0.15) is 38.1 Å². The lowest BCUT2D eigenvalue weighted by atomic mass is 9.48. The number of amides is 1. The van der Waals surface area contributed by atoms with E-state index in [1.54, 1.807) is 12.1 Å². The first kappa shape index (κ1) is 15.6. The number of phenolic OH excluding ortho intramolecular Hbond substituents is 1. The van der Waals surface area contributed by atoms with Crippen LogP contribution in [0.15, 0.2) is 18.2 Å². The van der Waals surface area contributed by atoms with Crippen molar-refractivity contribution < 1.29 is 14.6 Å². The standard InChI is InChI=1S/C16H24N2O3/c1-15(2)13(17)16(3,4)14(15)18-12(20)10-7-6-9(21-5)8-11(10)19/h6-8,13-14,19H,17H2,1-5H3,(H,18,20). The van der Waals surface area contributed by atoms with E-state index in [0.717, 1.165) is 0 Å². The molecule has 1 saturated carbocycles. The fourth-order valence-electron chi connectivity index (χ4n) is 3.59. The van der Waals surface area contributed by atoms with E-state index in [9.17, 15) is 9.90 Å². The van der Waals surface area contributed by atoms with Gasteiger partial charge in [0.25, 0.3) is 5.91 Å². The lowest BCUT2D eigenvalue weighted by Crippen LogP contribution is -2.76. The second-order valence-electron chi connectivity index (χ2n) is 6.91. The van der Waals surface area contributed by atoms with Gasteiger partial charge >= 0.3 is 0 Å². The number of methoxy groups -OCH3 is 1. The van der Waals surface area contributed by atoms with Crippen molar-refractivity contribution >= 4 is 5.91 Å². The molecule has 0 radical (unpaired) electrons. The van der Waals surface area contributed by atoms with E-state index in [1.807, 2.05) is 27.7 Å². The second-order valence-corrected chi connectivity index (χ2v) is 6.91. The number of rotatable bonds is 3. The first-order valence-corrected chi connectivity index (χ1v) is 7.05. The molecule has 0 atom stereocenters. The number of hydrogen-bond donors (Lipinski definition) is 3. The molecule has 0 aromatic heterocycles. The molecule has 1 amide bonds. The zero-order chi connectivity index (χ0) is 16.0. The molecule has 1 aliphatic rings. The number of benzene rings is 1. The van der Waals surface area contributed by atoms with Crippen molar-refractivity contribution in [2.45, 2.75) is 39.8 Å². The van der Waals surface area contributed by atoms with Crippen molar-refractivity contribution in [3.8, 4) is 11.5 Å². The van der Waals surface area contributed by atoms with Gasteiger partial charge in [-0.05, 0) is 12.1 Å². The van der Waals surface area contributed by atoms with Crippen LogP contribution in [0.2, 0.25) is 0 Å². The third-order valence-corrected chi connectivity index (χ3v) is 4.82. The summed E-state index contributed by atoms with van der Waals surface area (Å²) in [5, 5.41) is 12.9. The Balaban J connectivity index is 2.19. The molecular formula is C16H24N2O3. The van der Waals surface area contributed by atoms with Gasteiger partial charge in [-0.15, -0.1) is 0 Å². The van der Waals surface area contributed by atoms with E-state index in [1.165, 1.54) is 13.2 Å². The molecule has 1 fully saturated rings. The Morgan fingerprint density at radius 2 is 1.86 bits per heavy atom. The number of ether oxygens (including phenoxy) is 1. The third-order valence-electron chi connectivity index (χ3n) is 4.82. The molecule has 1 aromatic carbocycles.